The standard InChI is InChI=1S/C23H24N2O3/c1-28-22(27)23-12-17-13-6-2-3-8-16(13)20(23)25(21(17)26)11-10-15-14-7-4-5-9-18(14)24-19(15)23/h4-5,7-9,13,17,20,24H,2-3,6,10-12H2,1H3/t13-,17+,20+,23-/m0/s1. The summed E-state index contributed by atoms with van der Waals surface area (Å²) in [5, 5.41) is 1.16. The number of rotatable bonds is 1. The van der Waals surface area contributed by atoms with Crippen molar-refractivity contribution >= 4 is 22.8 Å². The van der Waals surface area contributed by atoms with Gasteiger partial charge in [-0.2, -0.15) is 0 Å². The third-order valence-corrected chi connectivity index (χ3v) is 7.66. The first kappa shape index (κ1) is 16.4. The smallest absolute Gasteiger partial charge is 0.320 e. The minimum Gasteiger partial charge on any atom is -0.468 e. The lowest BCUT2D eigenvalue weighted by atomic mass is 9.53. The van der Waals surface area contributed by atoms with Crippen molar-refractivity contribution in [1.82, 2.24) is 9.88 Å². The first-order valence-electron chi connectivity index (χ1n) is 10.4. The first-order chi connectivity index (χ1) is 13.7. The van der Waals surface area contributed by atoms with E-state index in [9.17, 15) is 9.59 Å². The van der Waals surface area contributed by atoms with E-state index in [1.54, 1.807) is 0 Å². The van der Waals surface area contributed by atoms with Gasteiger partial charge in [0.2, 0.25) is 5.91 Å². The van der Waals surface area contributed by atoms with Crippen molar-refractivity contribution < 1.29 is 14.3 Å². The van der Waals surface area contributed by atoms with Gasteiger partial charge in [-0.05, 0) is 55.2 Å². The highest BCUT2D eigenvalue weighted by atomic mass is 16.5. The molecule has 1 amide bonds. The number of nitrogens with zero attached hydrogens (tertiary/aromatic N) is 1. The third-order valence-electron chi connectivity index (χ3n) is 7.66. The molecular weight excluding hydrogens is 352 g/mol. The van der Waals surface area contributed by atoms with Crippen LogP contribution in [0.3, 0.4) is 0 Å². The monoisotopic (exact) mass is 376 g/mol. The maximum absolute atomic E-state index is 13.5. The number of ether oxygens (including phenoxy) is 1. The number of H-pyrrole nitrogens is 1. The highest BCUT2D eigenvalue weighted by Crippen LogP contribution is 2.58. The molecule has 1 aromatic heterocycles. The molecule has 144 valence electrons. The maximum Gasteiger partial charge on any atom is 0.320 e. The molecule has 5 aliphatic rings. The molecule has 3 aliphatic heterocycles. The Morgan fingerprint density at radius 3 is 3.00 bits per heavy atom. The normalized spacial score (nSPS) is 33.2. The molecule has 4 heterocycles. The van der Waals surface area contributed by atoms with Gasteiger partial charge in [-0.3, -0.25) is 9.59 Å². The molecule has 4 atom stereocenters. The van der Waals surface area contributed by atoms with E-state index in [1.807, 2.05) is 17.0 Å². The molecule has 2 aliphatic carbocycles. The number of hydrogen-bond acceptors (Lipinski definition) is 3. The first-order valence-corrected chi connectivity index (χ1v) is 10.4. The molecule has 2 aromatic rings. The zero-order valence-corrected chi connectivity index (χ0v) is 16.0. The summed E-state index contributed by atoms with van der Waals surface area (Å²) >= 11 is 0. The molecule has 1 aromatic carbocycles. The molecule has 5 heteroatoms. The number of aromatic nitrogens is 1. The van der Waals surface area contributed by atoms with Gasteiger partial charge in [0.1, 0.15) is 5.41 Å². The number of methoxy groups -OCH3 is 1. The van der Waals surface area contributed by atoms with E-state index in [0.717, 1.165) is 42.3 Å². The fourth-order valence-electron chi connectivity index (χ4n) is 6.63. The van der Waals surface area contributed by atoms with Crippen molar-refractivity contribution in [2.45, 2.75) is 43.6 Å². The van der Waals surface area contributed by atoms with Crippen LogP contribution in [0.4, 0.5) is 0 Å². The summed E-state index contributed by atoms with van der Waals surface area (Å²) < 4.78 is 5.42. The van der Waals surface area contributed by atoms with Crippen molar-refractivity contribution in [1.29, 1.82) is 0 Å². The molecule has 4 bridgehead atoms. The van der Waals surface area contributed by atoms with Crippen molar-refractivity contribution in [2.75, 3.05) is 13.7 Å². The number of esters is 1. The molecule has 0 unspecified atom stereocenters. The van der Waals surface area contributed by atoms with Gasteiger partial charge in [0.15, 0.2) is 0 Å². The second-order valence-corrected chi connectivity index (χ2v) is 8.72. The van der Waals surface area contributed by atoms with Crippen molar-refractivity contribution in [3.63, 3.8) is 0 Å². The second-order valence-electron chi connectivity index (χ2n) is 8.72. The van der Waals surface area contributed by atoms with E-state index in [4.69, 9.17) is 4.74 Å². The quantitative estimate of drug-likeness (QED) is 0.615. The SMILES string of the molecule is COC(=O)[C@@]12C[C@H]3C(=O)N(CCc4c1[nH]c1ccccc41)[C@@H]2C1=CCCC[C@@H]13. The number of aromatic amines is 1. The van der Waals surface area contributed by atoms with Gasteiger partial charge in [-0.1, -0.05) is 24.3 Å². The van der Waals surface area contributed by atoms with Crippen LogP contribution in [0.15, 0.2) is 35.9 Å². The topological polar surface area (TPSA) is 62.4 Å². The van der Waals surface area contributed by atoms with Crippen LogP contribution in [0.5, 0.6) is 0 Å². The summed E-state index contributed by atoms with van der Waals surface area (Å²) in [6, 6.07) is 8.03. The van der Waals surface area contributed by atoms with E-state index in [0.29, 0.717) is 18.9 Å². The van der Waals surface area contributed by atoms with Crippen LogP contribution in [0.1, 0.15) is 36.9 Å². The Kier molecular flexibility index (Phi) is 3.22. The lowest BCUT2D eigenvalue weighted by molar-refractivity contribution is -0.166. The van der Waals surface area contributed by atoms with Gasteiger partial charge in [0.25, 0.3) is 0 Å². The Hall–Kier alpha value is -2.56. The Bertz CT molecular complexity index is 1050. The van der Waals surface area contributed by atoms with E-state index < -0.39 is 5.41 Å². The number of para-hydroxylation sites is 1. The Balaban J connectivity index is 1.68. The predicted octanol–water partition coefficient (Wildman–Crippen LogP) is 3.09. The van der Waals surface area contributed by atoms with Gasteiger partial charge in [-0.25, -0.2) is 0 Å². The van der Waals surface area contributed by atoms with E-state index in [-0.39, 0.29) is 23.8 Å². The number of carbonyl (C=O) groups is 2. The Morgan fingerprint density at radius 2 is 2.14 bits per heavy atom. The minimum atomic E-state index is -0.822. The molecule has 2 saturated heterocycles. The molecule has 28 heavy (non-hydrogen) atoms. The van der Waals surface area contributed by atoms with Crippen molar-refractivity contribution in [3.05, 3.63) is 47.2 Å². The van der Waals surface area contributed by atoms with Crippen LogP contribution >= 0.6 is 0 Å². The van der Waals surface area contributed by atoms with E-state index >= 15 is 0 Å². The highest BCUT2D eigenvalue weighted by Gasteiger charge is 2.67. The molecule has 5 nitrogen and oxygen atoms in total. The number of piperidine rings is 2. The summed E-state index contributed by atoms with van der Waals surface area (Å²) in [5.74, 6) is 0.210. The maximum atomic E-state index is 13.5. The fraction of sp³-hybridized carbons (Fsp3) is 0.478. The highest BCUT2D eigenvalue weighted by molar-refractivity contribution is 5.96. The third kappa shape index (κ3) is 1.78. The largest absolute Gasteiger partial charge is 0.468 e. The van der Waals surface area contributed by atoms with Crippen molar-refractivity contribution in [3.8, 4) is 0 Å². The minimum absolute atomic E-state index is 0.118. The van der Waals surface area contributed by atoms with Gasteiger partial charge < -0.3 is 14.6 Å². The van der Waals surface area contributed by atoms with Gasteiger partial charge in [0.05, 0.1) is 13.2 Å². The number of hydrogen-bond donors (Lipinski definition) is 1. The summed E-state index contributed by atoms with van der Waals surface area (Å²) in [6.45, 7) is 0.664. The average Bonchev–Trinajstić information content (AvgIpc) is 3.06. The zero-order chi connectivity index (χ0) is 19.0. The zero-order valence-electron chi connectivity index (χ0n) is 16.0. The number of benzene rings is 1. The molecule has 0 spiro atoms. The number of amides is 1. The summed E-state index contributed by atoms with van der Waals surface area (Å²) in [7, 11) is 1.48. The molecular formula is C23H24N2O3. The second kappa shape index (κ2) is 5.49. The van der Waals surface area contributed by atoms with Crippen molar-refractivity contribution in [2.24, 2.45) is 11.8 Å². The molecule has 1 N–H and O–H groups in total. The number of fused-ring (bicyclic) bond motifs is 3. The van der Waals surface area contributed by atoms with Crippen LogP contribution in [0, 0.1) is 11.8 Å². The van der Waals surface area contributed by atoms with Gasteiger partial charge >= 0.3 is 5.97 Å². The van der Waals surface area contributed by atoms with E-state index in [2.05, 4.69) is 23.2 Å². The molecule has 3 fully saturated rings. The molecule has 0 radical (unpaired) electrons. The Morgan fingerprint density at radius 1 is 1.29 bits per heavy atom. The van der Waals surface area contributed by atoms with Gasteiger partial charge in [0, 0.05) is 29.1 Å². The molecule has 7 rings (SSSR count). The summed E-state index contributed by atoms with van der Waals surface area (Å²) in [5.41, 5.74) is 3.70. The average molecular weight is 376 g/mol. The fourth-order valence-corrected chi connectivity index (χ4v) is 6.63. The Labute approximate surface area is 163 Å². The lowest BCUT2D eigenvalue weighted by Crippen LogP contribution is -2.69. The predicted molar refractivity (Wildman–Crippen MR) is 105 cm³/mol. The summed E-state index contributed by atoms with van der Waals surface area (Å²) in [6.07, 6.45) is 6.87. The van der Waals surface area contributed by atoms with Crippen LogP contribution in [-0.2, 0) is 26.2 Å². The van der Waals surface area contributed by atoms with E-state index in [1.165, 1.54) is 18.2 Å². The molecule has 1 saturated carbocycles. The van der Waals surface area contributed by atoms with Gasteiger partial charge in [-0.15, -0.1) is 0 Å². The number of carbonyl (C=O) groups excluding carboxylic acids is 2. The van der Waals surface area contributed by atoms with Crippen LogP contribution in [0.25, 0.3) is 10.9 Å². The van der Waals surface area contributed by atoms with Crippen LogP contribution in [-0.4, -0.2) is 41.5 Å². The summed E-state index contributed by atoms with van der Waals surface area (Å²) in [4.78, 5) is 32.4. The van der Waals surface area contributed by atoms with Crippen LogP contribution in [0.2, 0.25) is 0 Å². The lowest BCUT2D eigenvalue weighted by Gasteiger charge is -2.58. The van der Waals surface area contributed by atoms with Crippen LogP contribution < -0.4 is 0 Å². The number of allylic oxidation sites excluding steroid dienone is 1. The number of nitrogens with one attached hydrogen (secondary N) is 1.